The summed E-state index contributed by atoms with van der Waals surface area (Å²) in [6.45, 7) is -0.219. The fourth-order valence-electron chi connectivity index (χ4n) is 1.85. The number of amides is 1. The van der Waals surface area contributed by atoms with Crippen molar-refractivity contribution >= 4 is 33.0 Å². The fraction of sp³-hybridized carbons (Fsp3) is 0.188. The van der Waals surface area contributed by atoms with Gasteiger partial charge in [-0.05, 0) is 36.4 Å². The van der Waals surface area contributed by atoms with E-state index >= 15 is 0 Å². The van der Waals surface area contributed by atoms with Crippen molar-refractivity contribution in [3.63, 3.8) is 0 Å². The number of sulfonamides is 1. The van der Waals surface area contributed by atoms with Gasteiger partial charge in [-0.25, -0.2) is 8.42 Å². The molecule has 2 rings (SSSR count). The molecule has 7 heteroatoms. The predicted molar refractivity (Wildman–Crippen MR) is 92.3 cm³/mol. The average Bonchev–Trinajstić information content (AvgIpc) is 2.49. The van der Waals surface area contributed by atoms with E-state index in [1.54, 1.807) is 12.1 Å². The summed E-state index contributed by atoms with van der Waals surface area (Å²) in [6, 6.07) is 16.9. The van der Waals surface area contributed by atoms with Gasteiger partial charge in [0.1, 0.15) is 0 Å². The Bertz CT molecular complexity index is 759. The molecule has 2 aromatic carbocycles. The lowest BCUT2D eigenvalue weighted by molar-refractivity contribution is -0.116. The van der Waals surface area contributed by atoms with Gasteiger partial charge in [-0.15, -0.1) is 0 Å². The molecule has 0 aromatic heterocycles. The van der Waals surface area contributed by atoms with Gasteiger partial charge in [-0.1, -0.05) is 18.2 Å². The molecule has 0 unspecified atom stereocenters. The number of hydrogen-bond donors (Lipinski definition) is 2. The van der Waals surface area contributed by atoms with E-state index in [0.717, 1.165) is 21.9 Å². The third kappa shape index (κ3) is 5.39. The topological polar surface area (TPSA) is 78.5 Å². The Balaban J connectivity index is 1.93. The zero-order chi connectivity index (χ0) is 16.9. The van der Waals surface area contributed by atoms with E-state index in [4.69, 9.17) is 0 Å². The van der Waals surface area contributed by atoms with Crippen LogP contribution in [0.5, 0.6) is 0 Å². The molecular formula is C16H19N3O3S. The second-order valence-electron chi connectivity index (χ2n) is 5.14. The molecule has 122 valence electrons. The van der Waals surface area contributed by atoms with Gasteiger partial charge in [0.05, 0.1) is 12.8 Å². The molecule has 0 aliphatic carbocycles. The summed E-state index contributed by atoms with van der Waals surface area (Å²) in [5.41, 5.74) is 2.47. The number of benzene rings is 2. The van der Waals surface area contributed by atoms with Gasteiger partial charge in [0, 0.05) is 24.1 Å². The lowest BCUT2D eigenvalue weighted by Crippen LogP contribution is -2.34. The molecule has 0 fully saturated rings. The molecule has 0 saturated carbocycles. The molecule has 0 bridgehead atoms. The summed E-state index contributed by atoms with van der Waals surface area (Å²) in [5, 5.41) is 5.90. The van der Waals surface area contributed by atoms with Crippen LogP contribution >= 0.6 is 0 Å². The van der Waals surface area contributed by atoms with Gasteiger partial charge in [-0.3, -0.25) is 4.79 Å². The van der Waals surface area contributed by atoms with Gasteiger partial charge < -0.3 is 10.6 Å². The third-order valence-corrected chi connectivity index (χ3v) is 4.42. The highest BCUT2D eigenvalue weighted by Crippen LogP contribution is 2.18. The molecule has 0 aliphatic rings. The Morgan fingerprint density at radius 1 is 0.957 bits per heavy atom. The minimum Gasteiger partial charge on any atom is -0.356 e. The first-order valence-corrected chi connectivity index (χ1v) is 8.83. The second kappa shape index (κ2) is 7.26. The quantitative estimate of drug-likeness (QED) is 0.850. The molecule has 2 aromatic rings. The van der Waals surface area contributed by atoms with Crippen molar-refractivity contribution in [2.24, 2.45) is 0 Å². The number of carbonyl (C=O) groups is 1. The van der Waals surface area contributed by atoms with Crippen molar-refractivity contribution < 1.29 is 13.2 Å². The molecule has 0 atom stereocenters. The predicted octanol–water partition coefficient (Wildman–Crippen LogP) is 2.26. The van der Waals surface area contributed by atoms with Crippen LogP contribution in [0, 0.1) is 0 Å². The van der Waals surface area contributed by atoms with Crippen molar-refractivity contribution in [3.8, 4) is 0 Å². The van der Waals surface area contributed by atoms with Crippen molar-refractivity contribution in [1.29, 1.82) is 0 Å². The Morgan fingerprint density at radius 2 is 1.48 bits per heavy atom. The van der Waals surface area contributed by atoms with E-state index in [-0.39, 0.29) is 12.5 Å². The first-order valence-electron chi connectivity index (χ1n) is 6.98. The van der Waals surface area contributed by atoms with Crippen LogP contribution in [0.2, 0.25) is 0 Å². The highest BCUT2D eigenvalue weighted by atomic mass is 32.2. The Kier molecular flexibility index (Phi) is 5.36. The van der Waals surface area contributed by atoms with Crippen molar-refractivity contribution in [2.75, 3.05) is 30.5 Å². The van der Waals surface area contributed by atoms with Gasteiger partial charge >= 0.3 is 0 Å². The van der Waals surface area contributed by atoms with Crippen molar-refractivity contribution in [2.45, 2.75) is 0 Å². The summed E-state index contributed by atoms with van der Waals surface area (Å²) < 4.78 is 23.5. The third-order valence-electron chi connectivity index (χ3n) is 3.16. The van der Waals surface area contributed by atoms with Crippen LogP contribution in [-0.4, -0.2) is 38.5 Å². The zero-order valence-electron chi connectivity index (χ0n) is 13.0. The smallest absolute Gasteiger partial charge is 0.239 e. The number of rotatable bonds is 6. The number of carbonyl (C=O) groups excluding carboxylic acids is 1. The summed E-state index contributed by atoms with van der Waals surface area (Å²) in [5.74, 6) is -0.387. The molecule has 2 N–H and O–H groups in total. The minimum absolute atomic E-state index is 0.219. The minimum atomic E-state index is -3.37. The van der Waals surface area contributed by atoms with E-state index in [1.165, 1.54) is 7.05 Å². The first-order chi connectivity index (χ1) is 10.8. The molecule has 0 spiro atoms. The first kappa shape index (κ1) is 17.0. The van der Waals surface area contributed by atoms with E-state index in [2.05, 4.69) is 10.6 Å². The van der Waals surface area contributed by atoms with Crippen LogP contribution in [0.15, 0.2) is 54.6 Å². The number of anilines is 3. The van der Waals surface area contributed by atoms with Crippen molar-refractivity contribution in [3.05, 3.63) is 54.6 Å². The van der Waals surface area contributed by atoms with E-state index in [0.29, 0.717) is 5.69 Å². The SMILES string of the molecule is CN(CC(=O)Nc1ccc(Nc2ccccc2)cc1)S(C)(=O)=O. The maximum atomic E-state index is 11.8. The van der Waals surface area contributed by atoms with Crippen LogP contribution in [0.25, 0.3) is 0 Å². The lowest BCUT2D eigenvalue weighted by atomic mass is 10.2. The van der Waals surface area contributed by atoms with E-state index in [1.807, 2.05) is 42.5 Å². The van der Waals surface area contributed by atoms with Crippen LogP contribution in [-0.2, 0) is 14.8 Å². The number of hydrogen-bond acceptors (Lipinski definition) is 4. The highest BCUT2D eigenvalue weighted by molar-refractivity contribution is 7.88. The van der Waals surface area contributed by atoms with E-state index in [9.17, 15) is 13.2 Å². The number of nitrogens with one attached hydrogen (secondary N) is 2. The monoisotopic (exact) mass is 333 g/mol. The number of likely N-dealkylation sites (N-methyl/N-ethyl adjacent to an activating group) is 1. The van der Waals surface area contributed by atoms with Gasteiger partial charge in [0.25, 0.3) is 0 Å². The van der Waals surface area contributed by atoms with Gasteiger partial charge in [0.15, 0.2) is 0 Å². The van der Waals surface area contributed by atoms with Gasteiger partial charge in [0.2, 0.25) is 15.9 Å². The summed E-state index contributed by atoms with van der Waals surface area (Å²) in [7, 11) is -2.01. The lowest BCUT2D eigenvalue weighted by Gasteiger charge is -2.14. The van der Waals surface area contributed by atoms with Crippen LogP contribution in [0.3, 0.4) is 0 Å². The van der Waals surface area contributed by atoms with E-state index < -0.39 is 10.0 Å². The van der Waals surface area contributed by atoms with Crippen molar-refractivity contribution in [1.82, 2.24) is 4.31 Å². The summed E-state index contributed by atoms with van der Waals surface area (Å²) in [6.07, 6.45) is 1.06. The molecule has 1 amide bonds. The normalized spacial score (nSPS) is 11.3. The molecule has 0 heterocycles. The molecule has 0 aliphatic heterocycles. The molecule has 0 radical (unpaired) electrons. The molecule has 23 heavy (non-hydrogen) atoms. The maximum absolute atomic E-state index is 11.8. The van der Waals surface area contributed by atoms with Gasteiger partial charge in [-0.2, -0.15) is 4.31 Å². The fourth-order valence-corrected chi connectivity index (χ4v) is 2.20. The Morgan fingerprint density at radius 3 is 2.04 bits per heavy atom. The number of nitrogens with zero attached hydrogens (tertiary/aromatic N) is 1. The Labute approximate surface area is 136 Å². The zero-order valence-corrected chi connectivity index (χ0v) is 13.8. The largest absolute Gasteiger partial charge is 0.356 e. The molecule has 6 nitrogen and oxygen atoms in total. The summed E-state index contributed by atoms with van der Waals surface area (Å²) in [4.78, 5) is 11.8. The highest BCUT2D eigenvalue weighted by Gasteiger charge is 2.15. The number of para-hydroxylation sites is 1. The van der Waals surface area contributed by atoms with Crippen LogP contribution < -0.4 is 10.6 Å². The average molecular weight is 333 g/mol. The summed E-state index contributed by atoms with van der Waals surface area (Å²) >= 11 is 0. The maximum Gasteiger partial charge on any atom is 0.239 e. The Hall–Kier alpha value is -2.38. The molecular weight excluding hydrogens is 314 g/mol. The van der Waals surface area contributed by atoms with Crippen LogP contribution in [0.4, 0.5) is 17.1 Å². The standard InChI is InChI=1S/C16H19N3O3S/c1-19(23(2,21)22)12-16(20)18-15-10-8-14(9-11-15)17-13-6-4-3-5-7-13/h3-11,17H,12H2,1-2H3,(H,18,20). The van der Waals surface area contributed by atoms with Crippen LogP contribution in [0.1, 0.15) is 0 Å². The second-order valence-corrected chi connectivity index (χ2v) is 7.22. The molecule has 0 saturated heterocycles.